The average molecular weight is 245 g/mol. The van der Waals surface area contributed by atoms with Crippen LogP contribution in [-0.2, 0) is 14.3 Å². The van der Waals surface area contributed by atoms with E-state index in [2.05, 4.69) is 15.4 Å². The van der Waals surface area contributed by atoms with Gasteiger partial charge in [-0.1, -0.05) is 0 Å². The fourth-order valence-corrected chi connectivity index (χ4v) is 1.29. The Kier molecular flexibility index (Phi) is 12.1. The molecule has 0 saturated carbocycles. The van der Waals surface area contributed by atoms with Crippen LogP contribution in [0.2, 0.25) is 0 Å². The van der Waals surface area contributed by atoms with E-state index in [9.17, 15) is 9.59 Å². The van der Waals surface area contributed by atoms with Crippen LogP contribution < -0.4 is 16.4 Å². The highest BCUT2D eigenvalue weighted by Crippen LogP contribution is 1.93. The molecule has 0 atom stereocenters. The third kappa shape index (κ3) is 12.8. The van der Waals surface area contributed by atoms with Crippen molar-refractivity contribution >= 4 is 12.4 Å². The van der Waals surface area contributed by atoms with E-state index >= 15 is 0 Å². The summed E-state index contributed by atoms with van der Waals surface area (Å²) in [6.45, 7) is 3.54. The van der Waals surface area contributed by atoms with E-state index in [0.29, 0.717) is 39.1 Å². The molecule has 6 heteroatoms. The highest BCUT2D eigenvalue weighted by molar-refractivity contribution is 5.76. The smallest absolute Gasteiger partial charge is 0.293 e. The van der Waals surface area contributed by atoms with Crippen molar-refractivity contribution in [2.45, 2.75) is 25.7 Å². The fraction of sp³-hybridized carbons (Fsp3) is 0.818. The highest BCUT2D eigenvalue weighted by Gasteiger charge is 1.98. The molecule has 0 aliphatic carbocycles. The third-order valence-corrected chi connectivity index (χ3v) is 2.18. The summed E-state index contributed by atoms with van der Waals surface area (Å²) in [6.07, 6.45) is 3.40. The summed E-state index contributed by atoms with van der Waals surface area (Å²) in [5, 5.41) is 5.89. The molecule has 17 heavy (non-hydrogen) atoms. The Morgan fingerprint density at radius 3 is 2.71 bits per heavy atom. The molecule has 6 nitrogen and oxygen atoms in total. The second-order valence-electron chi connectivity index (χ2n) is 3.67. The lowest BCUT2D eigenvalue weighted by molar-refractivity contribution is -0.128. The van der Waals surface area contributed by atoms with Crippen molar-refractivity contribution in [3.63, 3.8) is 0 Å². The fourth-order valence-electron chi connectivity index (χ4n) is 1.29. The first-order chi connectivity index (χ1) is 8.31. The summed E-state index contributed by atoms with van der Waals surface area (Å²) in [6, 6.07) is 0. The summed E-state index contributed by atoms with van der Waals surface area (Å²) < 4.78 is 4.57. The molecule has 0 saturated heterocycles. The molecule has 100 valence electrons. The second kappa shape index (κ2) is 12.9. The van der Waals surface area contributed by atoms with Crippen molar-refractivity contribution in [1.82, 2.24) is 10.6 Å². The Bertz CT molecular complexity index is 200. The van der Waals surface area contributed by atoms with Crippen molar-refractivity contribution < 1.29 is 14.3 Å². The van der Waals surface area contributed by atoms with Crippen molar-refractivity contribution in [3.8, 4) is 0 Å². The van der Waals surface area contributed by atoms with E-state index in [4.69, 9.17) is 5.73 Å². The van der Waals surface area contributed by atoms with E-state index in [1.807, 2.05) is 0 Å². The van der Waals surface area contributed by atoms with E-state index < -0.39 is 0 Å². The Labute approximate surface area is 102 Å². The van der Waals surface area contributed by atoms with Gasteiger partial charge in [0.05, 0.1) is 6.61 Å². The lowest BCUT2D eigenvalue weighted by Gasteiger charge is -2.05. The number of ether oxygens (including phenoxy) is 1. The van der Waals surface area contributed by atoms with Gasteiger partial charge in [-0.3, -0.25) is 9.59 Å². The standard InChI is InChI=1S/C11H23N3O3/c12-5-8-14-11(16)4-7-13-6-2-1-3-9-17-10-15/h10,13H,1-9,12H2,(H,14,16). The summed E-state index contributed by atoms with van der Waals surface area (Å²) >= 11 is 0. The molecule has 0 aliphatic heterocycles. The van der Waals surface area contributed by atoms with Crippen molar-refractivity contribution in [1.29, 1.82) is 0 Å². The zero-order valence-corrected chi connectivity index (χ0v) is 10.2. The van der Waals surface area contributed by atoms with E-state index in [0.717, 1.165) is 25.8 Å². The molecule has 4 N–H and O–H groups in total. The molecule has 0 radical (unpaired) electrons. The first-order valence-corrected chi connectivity index (χ1v) is 6.04. The topological polar surface area (TPSA) is 93.4 Å². The van der Waals surface area contributed by atoms with Gasteiger partial charge < -0.3 is 21.1 Å². The first-order valence-electron chi connectivity index (χ1n) is 6.04. The van der Waals surface area contributed by atoms with Crippen LogP contribution in [0.1, 0.15) is 25.7 Å². The largest absolute Gasteiger partial charge is 0.468 e. The number of rotatable bonds is 12. The number of hydrogen-bond donors (Lipinski definition) is 3. The maximum Gasteiger partial charge on any atom is 0.293 e. The number of nitrogens with one attached hydrogen (secondary N) is 2. The van der Waals surface area contributed by atoms with Gasteiger partial charge in [-0.2, -0.15) is 0 Å². The summed E-state index contributed by atoms with van der Waals surface area (Å²) in [5.74, 6) is 0.0299. The minimum atomic E-state index is 0.0299. The van der Waals surface area contributed by atoms with Gasteiger partial charge in [-0.05, 0) is 25.8 Å². The third-order valence-electron chi connectivity index (χ3n) is 2.18. The van der Waals surface area contributed by atoms with Gasteiger partial charge in [-0.25, -0.2) is 0 Å². The van der Waals surface area contributed by atoms with Crippen LogP contribution in [0.15, 0.2) is 0 Å². The lowest BCUT2D eigenvalue weighted by atomic mass is 10.2. The van der Waals surface area contributed by atoms with E-state index in [-0.39, 0.29) is 5.91 Å². The number of carbonyl (C=O) groups excluding carboxylic acids is 2. The number of nitrogens with two attached hydrogens (primary N) is 1. The Balaban J connectivity index is 3.07. The van der Waals surface area contributed by atoms with Crippen molar-refractivity contribution in [3.05, 3.63) is 0 Å². The molecule has 1 amide bonds. The van der Waals surface area contributed by atoms with Crippen LogP contribution in [-0.4, -0.2) is 45.2 Å². The Morgan fingerprint density at radius 1 is 1.18 bits per heavy atom. The molecular formula is C11H23N3O3. The van der Waals surface area contributed by atoms with Crippen LogP contribution in [0.3, 0.4) is 0 Å². The van der Waals surface area contributed by atoms with Crippen LogP contribution in [0.25, 0.3) is 0 Å². The summed E-state index contributed by atoms with van der Waals surface area (Å²) in [7, 11) is 0. The second-order valence-corrected chi connectivity index (χ2v) is 3.67. The van der Waals surface area contributed by atoms with Gasteiger partial charge in [-0.15, -0.1) is 0 Å². The van der Waals surface area contributed by atoms with Crippen molar-refractivity contribution in [2.24, 2.45) is 5.73 Å². The van der Waals surface area contributed by atoms with Crippen LogP contribution in [0.5, 0.6) is 0 Å². The zero-order chi connectivity index (χ0) is 12.8. The quantitative estimate of drug-likeness (QED) is 0.315. The maximum atomic E-state index is 11.2. The first kappa shape index (κ1) is 15.9. The molecule has 0 unspecified atom stereocenters. The van der Waals surface area contributed by atoms with Gasteiger partial charge in [0, 0.05) is 26.1 Å². The number of amides is 1. The predicted octanol–water partition coefficient (Wildman–Crippen LogP) is -0.616. The molecule has 0 heterocycles. The van der Waals surface area contributed by atoms with E-state index in [1.165, 1.54) is 0 Å². The Hall–Kier alpha value is -1.14. The molecule has 0 aromatic heterocycles. The van der Waals surface area contributed by atoms with Crippen LogP contribution >= 0.6 is 0 Å². The van der Waals surface area contributed by atoms with Gasteiger partial charge in [0.15, 0.2) is 0 Å². The maximum absolute atomic E-state index is 11.2. The number of carbonyl (C=O) groups is 2. The summed E-state index contributed by atoms with van der Waals surface area (Å²) in [4.78, 5) is 21.0. The molecule has 0 aromatic rings. The highest BCUT2D eigenvalue weighted by atomic mass is 16.5. The van der Waals surface area contributed by atoms with Gasteiger partial charge >= 0.3 is 0 Å². The minimum absolute atomic E-state index is 0.0299. The van der Waals surface area contributed by atoms with Gasteiger partial charge in [0.2, 0.25) is 5.91 Å². The number of unbranched alkanes of at least 4 members (excludes halogenated alkanes) is 2. The zero-order valence-electron chi connectivity index (χ0n) is 10.2. The molecule has 0 bridgehead atoms. The monoisotopic (exact) mass is 245 g/mol. The lowest BCUT2D eigenvalue weighted by Crippen LogP contribution is -2.31. The molecule has 0 aromatic carbocycles. The average Bonchev–Trinajstić information content (AvgIpc) is 2.34. The van der Waals surface area contributed by atoms with Crippen LogP contribution in [0.4, 0.5) is 0 Å². The van der Waals surface area contributed by atoms with Gasteiger partial charge in [0.25, 0.3) is 6.47 Å². The molecule has 0 rings (SSSR count). The number of hydrogen-bond acceptors (Lipinski definition) is 5. The molecular weight excluding hydrogens is 222 g/mol. The minimum Gasteiger partial charge on any atom is -0.468 e. The summed E-state index contributed by atoms with van der Waals surface area (Å²) in [5.41, 5.74) is 5.26. The molecule has 0 fully saturated rings. The van der Waals surface area contributed by atoms with Gasteiger partial charge in [0.1, 0.15) is 0 Å². The van der Waals surface area contributed by atoms with Crippen molar-refractivity contribution in [2.75, 3.05) is 32.8 Å². The normalized spacial score (nSPS) is 9.94. The SMILES string of the molecule is NCCNC(=O)CCNCCCCCOC=O. The van der Waals surface area contributed by atoms with E-state index in [1.54, 1.807) is 0 Å². The Morgan fingerprint density at radius 2 is 2.00 bits per heavy atom. The predicted molar refractivity (Wildman–Crippen MR) is 65.4 cm³/mol. The van der Waals surface area contributed by atoms with Crippen LogP contribution in [0, 0.1) is 0 Å². The molecule has 0 aliphatic rings. The molecule has 0 spiro atoms.